The highest BCUT2D eigenvalue weighted by molar-refractivity contribution is 5.82. The molecule has 0 unspecified atom stereocenters. The van der Waals surface area contributed by atoms with Crippen LogP contribution in [0.3, 0.4) is 0 Å². The largest absolute Gasteiger partial charge is 0.393 e. The Morgan fingerprint density at radius 1 is 1.43 bits per heavy atom. The van der Waals surface area contributed by atoms with Gasteiger partial charge in [0, 0.05) is 13.0 Å². The third-order valence-electron chi connectivity index (χ3n) is 4.37. The first kappa shape index (κ1) is 14.3. The van der Waals surface area contributed by atoms with Gasteiger partial charge in [-0.2, -0.15) is 0 Å². The molecule has 1 fully saturated rings. The van der Waals surface area contributed by atoms with Crippen molar-refractivity contribution in [2.45, 2.75) is 37.5 Å². The molecule has 0 aliphatic carbocycles. The van der Waals surface area contributed by atoms with Gasteiger partial charge in [-0.25, -0.2) is 0 Å². The van der Waals surface area contributed by atoms with Crippen molar-refractivity contribution in [1.29, 1.82) is 0 Å². The number of aliphatic hydroxyl groups is 1. The van der Waals surface area contributed by atoms with Crippen molar-refractivity contribution in [2.24, 2.45) is 0 Å². The van der Waals surface area contributed by atoms with E-state index < -0.39 is 12.2 Å². The highest BCUT2D eigenvalue weighted by Crippen LogP contribution is 2.32. The van der Waals surface area contributed by atoms with Crippen LogP contribution in [-0.4, -0.2) is 41.3 Å². The second-order valence-corrected chi connectivity index (χ2v) is 5.70. The molecule has 1 aromatic carbocycles. The average Bonchev–Trinajstić information content (AvgIpc) is 2.53. The van der Waals surface area contributed by atoms with Crippen LogP contribution in [0.4, 0.5) is 0 Å². The molecule has 4 heteroatoms. The summed E-state index contributed by atoms with van der Waals surface area (Å²) in [6, 6.07) is 8.07. The monoisotopic (exact) mass is 287 g/mol. The van der Waals surface area contributed by atoms with Gasteiger partial charge < -0.3 is 14.7 Å². The SMILES string of the molecule is C=C[C@H]1c2ccccc2CCN1C(=O)[C@H]1C[C@H](O)CCO1. The summed E-state index contributed by atoms with van der Waals surface area (Å²) >= 11 is 0. The maximum Gasteiger partial charge on any atom is 0.252 e. The molecular formula is C17H21NO3. The van der Waals surface area contributed by atoms with E-state index in [4.69, 9.17) is 4.74 Å². The molecule has 0 aromatic heterocycles. The van der Waals surface area contributed by atoms with E-state index in [0.29, 0.717) is 26.0 Å². The first-order chi connectivity index (χ1) is 10.2. The molecule has 0 spiro atoms. The van der Waals surface area contributed by atoms with E-state index >= 15 is 0 Å². The minimum atomic E-state index is -0.526. The van der Waals surface area contributed by atoms with Gasteiger partial charge in [0.25, 0.3) is 5.91 Å². The molecule has 2 aliphatic heterocycles. The van der Waals surface area contributed by atoms with Crippen molar-refractivity contribution >= 4 is 5.91 Å². The minimum absolute atomic E-state index is 0.0341. The number of fused-ring (bicyclic) bond motifs is 1. The first-order valence-corrected chi connectivity index (χ1v) is 7.51. The summed E-state index contributed by atoms with van der Waals surface area (Å²) < 4.78 is 5.56. The molecule has 1 saturated heterocycles. The Morgan fingerprint density at radius 3 is 3.00 bits per heavy atom. The maximum absolute atomic E-state index is 12.7. The van der Waals surface area contributed by atoms with Crippen LogP contribution in [-0.2, 0) is 16.0 Å². The number of ether oxygens (including phenoxy) is 1. The fourth-order valence-electron chi connectivity index (χ4n) is 3.24. The molecule has 0 saturated carbocycles. The fraction of sp³-hybridized carbons (Fsp3) is 0.471. The Kier molecular flexibility index (Phi) is 4.08. The van der Waals surface area contributed by atoms with Crippen molar-refractivity contribution in [2.75, 3.05) is 13.2 Å². The third kappa shape index (κ3) is 2.74. The molecular weight excluding hydrogens is 266 g/mol. The number of hydrogen-bond donors (Lipinski definition) is 1. The van der Waals surface area contributed by atoms with Gasteiger partial charge in [-0.15, -0.1) is 6.58 Å². The molecule has 3 rings (SSSR count). The van der Waals surface area contributed by atoms with Gasteiger partial charge in [0.15, 0.2) is 0 Å². The number of rotatable bonds is 2. The average molecular weight is 287 g/mol. The van der Waals surface area contributed by atoms with Crippen molar-refractivity contribution in [1.82, 2.24) is 4.90 Å². The lowest BCUT2D eigenvalue weighted by molar-refractivity contribution is -0.152. The summed E-state index contributed by atoms with van der Waals surface area (Å²) in [6.45, 7) is 5.01. The lowest BCUT2D eigenvalue weighted by atomic mass is 9.91. The van der Waals surface area contributed by atoms with Crippen LogP contribution >= 0.6 is 0 Å². The van der Waals surface area contributed by atoms with Crippen molar-refractivity contribution < 1.29 is 14.6 Å². The van der Waals surface area contributed by atoms with E-state index in [-0.39, 0.29) is 11.9 Å². The standard InChI is InChI=1S/C17H21NO3/c1-2-15-14-6-4-3-5-12(14)7-9-18(15)17(20)16-11-13(19)8-10-21-16/h2-6,13,15-16,19H,1,7-11H2/t13-,15+,16-/m1/s1. The Morgan fingerprint density at radius 2 is 2.24 bits per heavy atom. The number of nitrogens with zero attached hydrogens (tertiary/aromatic N) is 1. The molecule has 2 heterocycles. The van der Waals surface area contributed by atoms with Crippen LogP contribution in [0.1, 0.15) is 30.0 Å². The molecule has 3 atom stereocenters. The lowest BCUT2D eigenvalue weighted by Gasteiger charge is -2.38. The summed E-state index contributed by atoms with van der Waals surface area (Å²) in [6.07, 6.45) is 2.70. The zero-order valence-electron chi connectivity index (χ0n) is 12.1. The summed E-state index contributed by atoms with van der Waals surface area (Å²) in [5, 5.41) is 9.74. The number of carbonyl (C=O) groups is 1. The van der Waals surface area contributed by atoms with E-state index in [0.717, 1.165) is 12.0 Å². The second kappa shape index (κ2) is 6.00. The molecule has 1 aromatic rings. The molecule has 2 aliphatic rings. The first-order valence-electron chi connectivity index (χ1n) is 7.51. The van der Waals surface area contributed by atoms with Crippen LogP contribution in [0.5, 0.6) is 0 Å². The Balaban J connectivity index is 1.82. The number of amides is 1. The van der Waals surface area contributed by atoms with Crippen molar-refractivity contribution in [3.05, 3.63) is 48.0 Å². The summed E-state index contributed by atoms with van der Waals surface area (Å²) in [4.78, 5) is 14.6. The topological polar surface area (TPSA) is 49.8 Å². The quantitative estimate of drug-likeness (QED) is 0.844. The Labute approximate surface area is 125 Å². The van der Waals surface area contributed by atoms with Gasteiger partial charge >= 0.3 is 0 Å². The molecule has 21 heavy (non-hydrogen) atoms. The van der Waals surface area contributed by atoms with Gasteiger partial charge in [0.05, 0.1) is 18.8 Å². The van der Waals surface area contributed by atoms with Gasteiger partial charge in [0.1, 0.15) is 6.10 Å². The van der Waals surface area contributed by atoms with Gasteiger partial charge in [-0.05, 0) is 24.0 Å². The van der Waals surface area contributed by atoms with Crippen LogP contribution in [0.25, 0.3) is 0 Å². The Hall–Kier alpha value is -1.65. The highest BCUT2D eigenvalue weighted by Gasteiger charge is 2.35. The van der Waals surface area contributed by atoms with Crippen molar-refractivity contribution in [3.8, 4) is 0 Å². The Bertz CT molecular complexity index is 543. The van der Waals surface area contributed by atoms with Crippen LogP contribution in [0.15, 0.2) is 36.9 Å². The molecule has 0 bridgehead atoms. The number of hydrogen-bond acceptors (Lipinski definition) is 3. The van der Waals surface area contributed by atoms with E-state index in [9.17, 15) is 9.90 Å². The molecule has 112 valence electrons. The number of benzene rings is 1. The number of aliphatic hydroxyl groups excluding tert-OH is 1. The minimum Gasteiger partial charge on any atom is -0.393 e. The zero-order chi connectivity index (χ0) is 14.8. The van der Waals surface area contributed by atoms with Crippen LogP contribution in [0.2, 0.25) is 0 Å². The van der Waals surface area contributed by atoms with Gasteiger partial charge in [-0.3, -0.25) is 4.79 Å². The van der Waals surface area contributed by atoms with Crippen LogP contribution in [0, 0.1) is 0 Å². The maximum atomic E-state index is 12.7. The van der Waals surface area contributed by atoms with E-state index in [1.807, 2.05) is 23.1 Å². The van der Waals surface area contributed by atoms with E-state index in [1.165, 1.54) is 5.56 Å². The van der Waals surface area contributed by atoms with Crippen molar-refractivity contribution in [3.63, 3.8) is 0 Å². The molecule has 1 N–H and O–H groups in total. The summed E-state index contributed by atoms with van der Waals surface area (Å²) in [7, 11) is 0. The normalized spacial score (nSPS) is 28.8. The summed E-state index contributed by atoms with van der Waals surface area (Å²) in [5.41, 5.74) is 2.42. The predicted octanol–water partition coefficient (Wildman–Crippen LogP) is 1.84. The predicted molar refractivity (Wildman–Crippen MR) is 79.8 cm³/mol. The van der Waals surface area contributed by atoms with Gasteiger partial charge in [-0.1, -0.05) is 30.3 Å². The number of carbonyl (C=O) groups excluding carboxylic acids is 1. The third-order valence-corrected chi connectivity index (χ3v) is 4.37. The van der Waals surface area contributed by atoms with E-state index in [2.05, 4.69) is 18.7 Å². The fourth-order valence-corrected chi connectivity index (χ4v) is 3.24. The smallest absolute Gasteiger partial charge is 0.252 e. The van der Waals surface area contributed by atoms with Gasteiger partial charge in [0.2, 0.25) is 0 Å². The highest BCUT2D eigenvalue weighted by atomic mass is 16.5. The van der Waals surface area contributed by atoms with Crippen LogP contribution < -0.4 is 0 Å². The van der Waals surface area contributed by atoms with E-state index in [1.54, 1.807) is 0 Å². The summed E-state index contributed by atoms with van der Waals surface area (Å²) in [5.74, 6) is -0.0341. The molecule has 4 nitrogen and oxygen atoms in total. The molecule has 1 amide bonds. The molecule has 0 radical (unpaired) electrons. The second-order valence-electron chi connectivity index (χ2n) is 5.70. The zero-order valence-corrected chi connectivity index (χ0v) is 12.1. The lowest BCUT2D eigenvalue weighted by Crippen LogP contribution is -2.47.